The van der Waals surface area contributed by atoms with Crippen LogP contribution >= 0.6 is 11.6 Å². The van der Waals surface area contributed by atoms with Crippen LogP contribution in [0.25, 0.3) is 11.2 Å². The van der Waals surface area contributed by atoms with Crippen LogP contribution < -0.4 is 5.32 Å². The molecule has 1 saturated carbocycles. The molecule has 1 aromatic carbocycles. The lowest BCUT2D eigenvalue weighted by atomic mass is 10.1. The molecular formula is C24H26ClFN4O4S. The van der Waals surface area contributed by atoms with E-state index < -0.39 is 21.9 Å². The van der Waals surface area contributed by atoms with Crippen molar-refractivity contribution < 1.29 is 22.3 Å². The first-order chi connectivity index (χ1) is 16.6. The van der Waals surface area contributed by atoms with E-state index >= 15 is 0 Å². The summed E-state index contributed by atoms with van der Waals surface area (Å²) in [5.41, 5.74) is 2.33. The first kappa shape index (κ1) is 24.1. The van der Waals surface area contributed by atoms with Crippen LogP contribution in [-0.2, 0) is 25.8 Å². The van der Waals surface area contributed by atoms with Gasteiger partial charge in [0.25, 0.3) is 0 Å². The highest BCUT2D eigenvalue weighted by Gasteiger charge is 2.43. The zero-order valence-electron chi connectivity index (χ0n) is 19.4. The minimum Gasteiger partial charge on any atom is -0.358 e. The van der Waals surface area contributed by atoms with Gasteiger partial charge in [-0.15, -0.1) is 0 Å². The van der Waals surface area contributed by atoms with Crippen LogP contribution in [0.15, 0.2) is 29.2 Å². The van der Waals surface area contributed by atoms with Gasteiger partial charge in [0.2, 0.25) is 0 Å². The second-order valence-corrected chi connectivity index (χ2v) is 11.6. The monoisotopic (exact) mass is 520 g/mol. The minimum atomic E-state index is -3.59. The van der Waals surface area contributed by atoms with Gasteiger partial charge in [0, 0.05) is 24.3 Å². The van der Waals surface area contributed by atoms with Gasteiger partial charge in [0.05, 0.1) is 27.9 Å². The van der Waals surface area contributed by atoms with E-state index in [1.165, 1.54) is 6.07 Å². The SMILES string of the molecule is Cc1nc2c(Nc3ccc(Cl)cc3S(C)(=O)=O)cc(CC(=O)[C@H]3C[C@H]3F)nc2n1C1CCCCO1. The molecule has 3 atom stereocenters. The Bertz CT molecular complexity index is 1420. The highest BCUT2D eigenvalue weighted by atomic mass is 35.5. The van der Waals surface area contributed by atoms with Gasteiger partial charge in [0.15, 0.2) is 15.5 Å². The number of ketones is 1. The molecule has 8 nitrogen and oxygen atoms in total. The smallest absolute Gasteiger partial charge is 0.177 e. The number of aromatic nitrogens is 3. The zero-order chi connectivity index (χ0) is 24.9. The summed E-state index contributed by atoms with van der Waals surface area (Å²) >= 11 is 6.06. The normalized spacial score (nSPS) is 22.3. The van der Waals surface area contributed by atoms with Crippen LogP contribution in [0.1, 0.15) is 43.4 Å². The number of ether oxygens (including phenoxy) is 1. The summed E-state index contributed by atoms with van der Waals surface area (Å²) in [4.78, 5) is 22.0. The molecular weight excluding hydrogens is 495 g/mol. The first-order valence-electron chi connectivity index (χ1n) is 11.6. The average Bonchev–Trinajstić information content (AvgIpc) is 3.44. The van der Waals surface area contributed by atoms with Gasteiger partial charge in [0.1, 0.15) is 29.5 Å². The van der Waals surface area contributed by atoms with Crippen LogP contribution in [0.4, 0.5) is 15.8 Å². The number of fused-ring (bicyclic) bond motifs is 1. The molecule has 35 heavy (non-hydrogen) atoms. The fourth-order valence-electron chi connectivity index (χ4n) is 4.54. The summed E-state index contributed by atoms with van der Waals surface area (Å²) in [6.45, 7) is 2.49. The fraction of sp³-hybridized carbons (Fsp3) is 0.458. The Balaban J connectivity index is 1.63. The number of alkyl halides is 1. The average molecular weight is 521 g/mol. The molecule has 1 N–H and O–H groups in total. The number of nitrogens with zero attached hydrogens (tertiary/aromatic N) is 3. The number of anilines is 2. The van der Waals surface area contributed by atoms with Crippen molar-refractivity contribution in [2.45, 2.75) is 56.3 Å². The molecule has 3 aromatic rings. The topological polar surface area (TPSA) is 103 Å². The number of nitrogens with one attached hydrogen (secondary N) is 1. The van der Waals surface area contributed by atoms with Crippen molar-refractivity contribution in [2.24, 2.45) is 5.92 Å². The summed E-state index contributed by atoms with van der Waals surface area (Å²) in [6.07, 6.45) is 2.82. The molecule has 1 aliphatic heterocycles. The molecule has 2 aliphatic rings. The summed E-state index contributed by atoms with van der Waals surface area (Å²) in [6, 6.07) is 6.24. The van der Waals surface area contributed by atoms with E-state index in [2.05, 4.69) is 5.32 Å². The van der Waals surface area contributed by atoms with Crippen molar-refractivity contribution in [1.82, 2.24) is 14.5 Å². The van der Waals surface area contributed by atoms with Gasteiger partial charge in [-0.05, 0) is 56.9 Å². The number of pyridine rings is 1. The standard InChI is InChI=1S/C24H26ClFN4O4S/c1-13-27-23-19(29-18-7-6-14(25)9-21(18)35(2,32)33)10-15(11-20(31)16-12-17(16)26)28-24(23)30(13)22-5-3-4-8-34-22/h6-7,9-10,16-17,22H,3-5,8,11-12H2,1-2H3,(H,28,29)/t16-,17+,22?/m0/s1. The van der Waals surface area contributed by atoms with Crippen LogP contribution in [0, 0.1) is 12.8 Å². The highest BCUT2D eigenvalue weighted by Crippen LogP contribution is 2.37. The second kappa shape index (κ2) is 9.15. The largest absolute Gasteiger partial charge is 0.358 e. The van der Waals surface area contributed by atoms with Crippen LogP contribution in [0.3, 0.4) is 0 Å². The lowest BCUT2D eigenvalue weighted by Crippen LogP contribution is -2.19. The minimum absolute atomic E-state index is 0.0228. The molecule has 186 valence electrons. The number of hydrogen-bond donors (Lipinski definition) is 1. The maximum absolute atomic E-state index is 13.5. The molecule has 0 amide bonds. The van der Waals surface area contributed by atoms with E-state index in [0.717, 1.165) is 25.5 Å². The predicted octanol–water partition coefficient (Wildman–Crippen LogP) is 4.71. The van der Waals surface area contributed by atoms with Gasteiger partial charge >= 0.3 is 0 Å². The van der Waals surface area contributed by atoms with E-state index in [-0.39, 0.29) is 29.7 Å². The Labute approximate surface area is 207 Å². The van der Waals surface area contributed by atoms with Crippen molar-refractivity contribution in [3.8, 4) is 0 Å². The van der Waals surface area contributed by atoms with Crippen molar-refractivity contribution in [2.75, 3.05) is 18.2 Å². The Morgan fingerprint density at radius 1 is 1.26 bits per heavy atom. The Kier molecular flexibility index (Phi) is 6.31. The number of rotatable bonds is 7. The number of aryl methyl sites for hydroxylation is 1. The van der Waals surface area contributed by atoms with E-state index in [1.54, 1.807) is 18.2 Å². The fourth-order valence-corrected chi connectivity index (χ4v) is 5.64. The van der Waals surface area contributed by atoms with Gasteiger partial charge in [-0.25, -0.2) is 22.8 Å². The van der Waals surface area contributed by atoms with Crippen molar-refractivity contribution >= 4 is 49.8 Å². The van der Waals surface area contributed by atoms with Gasteiger partial charge in [-0.2, -0.15) is 0 Å². The number of Topliss-reactive ketones (excluding diaryl/α,β-unsaturated/α-hetero) is 1. The van der Waals surface area contributed by atoms with Crippen molar-refractivity contribution in [1.29, 1.82) is 0 Å². The zero-order valence-corrected chi connectivity index (χ0v) is 21.0. The van der Waals surface area contributed by atoms with E-state index in [0.29, 0.717) is 45.7 Å². The number of sulfone groups is 1. The number of carbonyl (C=O) groups excluding carboxylic acids is 1. The Hall–Kier alpha value is -2.56. The van der Waals surface area contributed by atoms with E-state index in [9.17, 15) is 17.6 Å². The molecule has 11 heteroatoms. The van der Waals surface area contributed by atoms with Crippen LogP contribution in [-0.4, -0.2) is 47.8 Å². The van der Waals surface area contributed by atoms with Gasteiger partial charge < -0.3 is 10.1 Å². The molecule has 1 unspecified atom stereocenters. The third kappa shape index (κ3) is 4.92. The Morgan fingerprint density at radius 2 is 2.03 bits per heavy atom. The maximum atomic E-state index is 13.5. The second-order valence-electron chi connectivity index (χ2n) is 9.22. The molecule has 5 rings (SSSR count). The third-order valence-electron chi connectivity index (χ3n) is 6.42. The number of benzene rings is 1. The van der Waals surface area contributed by atoms with Gasteiger partial charge in [-0.1, -0.05) is 11.6 Å². The maximum Gasteiger partial charge on any atom is 0.177 e. The number of hydrogen-bond acceptors (Lipinski definition) is 7. The summed E-state index contributed by atoms with van der Waals surface area (Å²) < 4.78 is 46.2. The summed E-state index contributed by atoms with van der Waals surface area (Å²) in [7, 11) is -3.59. The lowest BCUT2D eigenvalue weighted by molar-refractivity contribution is -0.120. The molecule has 1 saturated heterocycles. The first-order valence-corrected chi connectivity index (χ1v) is 13.8. The number of imidazole rings is 1. The lowest BCUT2D eigenvalue weighted by Gasteiger charge is -2.25. The predicted molar refractivity (Wildman–Crippen MR) is 131 cm³/mol. The molecule has 1 aliphatic carbocycles. The molecule has 2 aromatic heterocycles. The van der Waals surface area contributed by atoms with Crippen LogP contribution in [0.2, 0.25) is 5.02 Å². The molecule has 3 heterocycles. The highest BCUT2D eigenvalue weighted by molar-refractivity contribution is 7.90. The van der Waals surface area contributed by atoms with E-state index in [1.807, 2.05) is 11.5 Å². The van der Waals surface area contributed by atoms with Crippen LogP contribution in [0.5, 0.6) is 0 Å². The molecule has 2 fully saturated rings. The summed E-state index contributed by atoms with van der Waals surface area (Å²) in [5, 5.41) is 3.47. The Morgan fingerprint density at radius 3 is 2.69 bits per heavy atom. The number of carbonyl (C=O) groups is 1. The third-order valence-corrected chi connectivity index (χ3v) is 7.79. The number of halogens is 2. The molecule has 0 bridgehead atoms. The van der Waals surface area contributed by atoms with Crippen molar-refractivity contribution in [3.05, 3.63) is 40.8 Å². The molecule has 0 spiro atoms. The quantitative estimate of drug-likeness (QED) is 0.481. The molecule has 0 radical (unpaired) electrons. The van der Waals surface area contributed by atoms with Crippen molar-refractivity contribution in [3.63, 3.8) is 0 Å². The summed E-state index contributed by atoms with van der Waals surface area (Å²) in [5.74, 6) is -0.0861. The van der Waals surface area contributed by atoms with E-state index in [4.69, 9.17) is 26.3 Å². The van der Waals surface area contributed by atoms with Gasteiger partial charge in [-0.3, -0.25) is 9.36 Å².